The molecule has 0 atom stereocenters. The van der Waals surface area contributed by atoms with E-state index in [1.165, 1.54) is 31.2 Å². The van der Waals surface area contributed by atoms with Crippen molar-refractivity contribution in [1.82, 2.24) is 10.2 Å². The number of nitrogens with zero attached hydrogens (tertiary/aromatic N) is 2. The summed E-state index contributed by atoms with van der Waals surface area (Å²) in [7, 11) is 1.43. The first kappa shape index (κ1) is 15.1. The van der Waals surface area contributed by atoms with Crippen LogP contribution >= 0.6 is 0 Å². The van der Waals surface area contributed by atoms with Gasteiger partial charge in [0, 0.05) is 19.6 Å². The maximum Gasteiger partial charge on any atom is 0.401 e. The lowest BCUT2D eigenvalue weighted by molar-refractivity contribution is -0.142. The zero-order chi connectivity index (χ0) is 13.6. The lowest BCUT2D eigenvalue weighted by Crippen LogP contribution is -2.40. The number of hydrogen-bond donors (Lipinski definition) is 2. The summed E-state index contributed by atoms with van der Waals surface area (Å²) >= 11 is 0. The SMILES string of the molecule is CN(CCNC(N)=NCC1CCC1)CC(F)(F)F. The first-order chi connectivity index (χ1) is 8.37. The molecule has 106 valence electrons. The predicted molar refractivity (Wildman–Crippen MR) is 65.4 cm³/mol. The van der Waals surface area contributed by atoms with Crippen LogP contribution < -0.4 is 11.1 Å². The van der Waals surface area contributed by atoms with E-state index in [9.17, 15) is 13.2 Å². The summed E-state index contributed by atoms with van der Waals surface area (Å²) in [6.07, 6.45) is -0.495. The summed E-state index contributed by atoms with van der Waals surface area (Å²) in [6.45, 7) is 0.455. The van der Waals surface area contributed by atoms with Crippen LogP contribution in [0.1, 0.15) is 19.3 Å². The molecule has 0 aromatic carbocycles. The zero-order valence-corrected chi connectivity index (χ0v) is 10.6. The van der Waals surface area contributed by atoms with Gasteiger partial charge >= 0.3 is 6.18 Å². The van der Waals surface area contributed by atoms with Gasteiger partial charge in [-0.2, -0.15) is 13.2 Å². The summed E-state index contributed by atoms with van der Waals surface area (Å²) in [6, 6.07) is 0. The molecule has 1 saturated carbocycles. The normalized spacial score (nSPS) is 17.9. The molecule has 0 aromatic heterocycles. The van der Waals surface area contributed by atoms with Gasteiger partial charge in [-0.15, -0.1) is 0 Å². The van der Waals surface area contributed by atoms with Gasteiger partial charge in [-0.1, -0.05) is 6.42 Å². The van der Waals surface area contributed by atoms with E-state index in [1.807, 2.05) is 0 Å². The first-order valence-corrected chi connectivity index (χ1v) is 6.16. The van der Waals surface area contributed by atoms with Crippen LogP contribution in [-0.2, 0) is 0 Å². The largest absolute Gasteiger partial charge is 0.401 e. The van der Waals surface area contributed by atoms with Crippen LogP contribution in [0.2, 0.25) is 0 Å². The van der Waals surface area contributed by atoms with Gasteiger partial charge in [0.05, 0.1) is 6.54 Å². The second-order valence-corrected chi connectivity index (χ2v) is 4.80. The summed E-state index contributed by atoms with van der Waals surface area (Å²) in [5, 5.41) is 2.82. The molecule has 0 spiro atoms. The van der Waals surface area contributed by atoms with E-state index in [1.54, 1.807) is 0 Å². The molecule has 0 heterocycles. The second kappa shape index (κ2) is 6.82. The molecule has 7 heteroatoms. The average molecular weight is 266 g/mol. The van der Waals surface area contributed by atoms with Crippen molar-refractivity contribution < 1.29 is 13.2 Å². The fraction of sp³-hybridized carbons (Fsp3) is 0.909. The molecule has 0 unspecified atom stereocenters. The third-order valence-electron chi connectivity index (χ3n) is 2.99. The standard InChI is InChI=1S/C11H21F3N4/c1-18(8-11(12,13)14)6-5-16-10(15)17-7-9-3-2-4-9/h9H,2-8H2,1H3,(H3,15,16,17). The molecule has 0 aromatic rings. The van der Waals surface area contributed by atoms with Crippen molar-refractivity contribution in [2.24, 2.45) is 16.6 Å². The van der Waals surface area contributed by atoms with Crippen molar-refractivity contribution in [2.75, 3.05) is 33.2 Å². The number of nitrogens with two attached hydrogens (primary N) is 1. The number of likely N-dealkylation sites (N-methyl/N-ethyl adjacent to an activating group) is 1. The maximum absolute atomic E-state index is 12.0. The highest BCUT2D eigenvalue weighted by Gasteiger charge is 2.28. The molecule has 1 rings (SSSR count). The molecule has 4 nitrogen and oxygen atoms in total. The molecular weight excluding hydrogens is 245 g/mol. The third kappa shape index (κ3) is 6.68. The van der Waals surface area contributed by atoms with E-state index in [4.69, 9.17) is 5.73 Å². The van der Waals surface area contributed by atoms with Gasteiger partial charge in [0.15, 0.2) is 5.96 Å². The van der Waals surface area contributed by atoms with Crippen LogP contribution in [0.25, 0.3) is 0 Å². The van der Waals surface area contributed by atoms with Gasteiger partial charge in [0.25, 0.3) is 0 Å². The van der Waals surface area contributed by atoms with Crippen LogP contribution in [0.5, 0.6) is 0 Å². The van der Waals surface area contributed by atoms with E-state index in [-0.39, 0.29) is 6.54 Å². The van der Waals surface area contributed by atoms with Gasteiger partial charge in [-0.05, 0) is 25.8 Å². The Balaban J connectivity index is 2.08. The first-order valence-electron chi connectivity index (χ1n) is 6.16. The van der Waals surface area contributed by atoms with Crippen LogP contribution in [0.3, 0.4) is 0 Å². The minimum atomic E-state index is -4.15. The summed E-state index contributed by atoms with van der Waals surface area (Å²) in [5.74, 6) is 0.959. The Bertz CT molecular complexity index is 274. The van der Waals surface area contributed by atoms with Gasteiger partial charge < -0.3 is 11.1 Å². The van der Waals surface area contributed by atoms with Crippen LogP contribution in [0, 0.1) is 5.92 Å². The van der Waals surface area contributed by atoms with Crippen LogP contribution in [-0.4, -0.2) is 50.3 Å². The number of nitrogens with one attached hydrogen (secondary N) is 1. The van der Waals surface area contributed by atoms with Crippen molar-refractivity contribution in [1.29, 1.82) is 0 Å². The Morgan fingerprint density at radius 2 is 2.11 bits per heavy atom. The number of rotatable bonds is 6. The molecule has 0 radical (unpaired) electrons. The zero-order valence-electron chi connectivity index (χ0n) is 10.6. The molecule has 0 saturated heterocycles. The van der Waals surface area contributed by atoms with E-state index in [2.05, 4.69) is 10.3 Å². The van der Waals surface area contributed by atoms with E-state index < -0.39 is 12.7 Å². The van der Waals surface area contributed by atoms with Crippen LogP contribution in [0.4, 0.5) is 13.2 Å². The summed E-state index contributed by atoms with van der Waals surface area (Å²) in [5.41, 5.74) is 5.61. The molecular formula is C11H21F3N4. The monoisotopic (exact) mass is 266 g/mol. The Hall–Kier alpha value is -0.980. The predicted octanol–water partition coefficient (Wildman–Crippen LogP) is 1.18. The smallest absolute Gasteiger partial charge is 0.370 e. The fourth-order valence-corrected chi connectivity index (χ4v) is 1.72. The molecule has 3 N–H and O–H groups in total. The average Bonchev–Trinajstić information content (AvgIpc) is 2.12. The van der Waals surface area contributed by atoms with E-state index in [0.717, 1.165) is 6.54 Å². The Kier molecular flexibility index (Phi) is 5.71. The Morgan fingerprint density at radius 1 is 1.44 bits per heavy atom. The molecule has 0 aliphatic heterocycles. The van der Waals surface area contributed by atoms with Gasteiger partial charge in [0.1, 0.15) is 0 Å². The number of aliphatic imine (C=N–C) groups is 1. The fourth-order valence-electron chi connectivity index (χ4n) is 1.72. The van der Waals surface area contributed by atoms with Gasteiger partial charge in [-0.25, -0.2) is 0 Å². The number of halogens is 3. The molecule has 0 bridgehead atoms. The lowest BCUT2D eigenvalue weighted by Gasteiger charge is -2.23. The maximum atomic E-state index is 12.0. The highest BCUT2D eigenvalue weighted by Crippen LogP contribution is 2.26. The number of hydrogen-bond acceptors (Lipinski definition) is 2. The van der Waals surface area contributed by atoms with Crippen molar-refractivity contribution >= 4 is 5.96 Å². The summed E-state index contributed by atoms with van der Waals surface area (Å²) in [4.78, 5) is 5.36. The van der Waals surface area contributed by atoms with Gasteiger partial charge in [-0.3, -0.25) is 9.89 Å². The Labute approximate surface area is 105 Å². The number of guanidine groups is 1. The molecule has 1 fully saturated rings. The highest BCUT2D eigenvalue weighted by atomic mass is 19.4. The molecule has 0 amide bonds. The Morgan fingerprint density at radius 3 is 2.61 bits per heavy atom. The van der Waals surface area contributed by atoms with E-state index in [0.29, 0.717) is 18.4 Å². The molecule has 1 aliphatic carbocycles. The van der Waals surface area contributed by atoms with Crippen molar-refractivity contribution in [3.8, 4) is 0 Å². The minimum absolute atomic E-state index is 0.277. The third-order valence-corrected chi connectivity index (χ3v) is 2.99. The van der Waals surface area contributed by atoms with Crippen molar-refractivity contribution in [2.45, 2.75) is 25.4 Å². The van der Waals surface area contributed by atoms with Crippen molar-refractivity contribution in [3.05, 3.63) is 0 Å². The molecule has 1 aliphatic rings. The number of alkyl halides is 3. The minimum Gasteiger partial charge on any atom is -0.370 e. The molecule has 18 heavy (non-hydrogen) atoms. The second-order valence-electron chi connectivity index (χ2n) is 4.80. The van der Waals surface area contributed by atoms with E-state index >= 15 is 0 Å². The lowest BCUT2D eigenvalue weighted by atomic mass is 9.86. The summed E-state index contributed by atoms with van der Waals surface area (Å²) < 4.78 is 36.1. The van der Waals surface area contributed by atoms with Crippen molar-refractivity contribution in [3.63, 3.8) is 0 Å². The highest BCUT2D eigenvalue weighted by molar-refractivity contribution is 5.77. The van der Waals surface area contributed by atoms with Gasteiger partial charge in [0.2, 0.25) is 0 Å². The quantitative estimate of drug-likeness (QED) is 0.561. The topological polar surface area (TPSA) is 53.6 Å². The van der Waals surface area contributed by atoms with Crippen LogP contribution in [0.15, 0.2) is 4.99 Å².